The minimum atomic E-state index is -0.533. The molecule has 8 heteroatoms. The Hall–Kier alpha value is -3.42. The molecule has 30 heavy (non-hydrogen) atoms. The molecule has 3 N–H and O–H groups in total. The summed E-state index contributed by atoms with van der Waals surface area (Å²) in [7, 11) is 0. The number of anilines is 1. The highest BCUT2D eigenvalue weighted by Crippen LogP contribution is 2.32. The average molecular weight is 408 g/mol. The topological polar surface area (TPSA) is 115 Å². The van der Waals surface area contributed by atoms with Crippen molar-refractivity contribution in [1.82, 2.24) is 9.88 Å². The molecule has 2 aromatic rings. The van der Waals surface area contributed by atoms with Crippen molar-refractivity contribution in [3.63, 3.8) is 0 Å². The number of hydrogen-bond acceptors (Lipinski definition) is 5. The van der Waals surface area contributed by atoms with E-state index in [9.17, 15) is 14.4 Å². The van der Waals surface area contributed by atoms with E-state index in [4.69, 9.17) is 10.5 Å². The number of primary amides is 1. The molecule has 3 amide bonds. The average Bonchev–Trinajstić information content (AvgIpc) is 3.60. The fraction of sp³-hybridized carbons (Fsp3) is 0.364. The molecule has 8 nitrogen and oxygen atoms in total. The summed E-state index contributed by atoms with van der Waals surface area (Å²) in [5, 5.41) is 2.88. The van der Waals surface area contributed by atoms with E-state index in [0.29, 0.717) is 48.8 Å². The van der Waals surface area contributed by atoms with Crippen molar-refractivity contribution in [2.75, 3.05) is 18.4 Å². The molecule has 0 atom stereocenters. The second-order valence-electron chi connectivity index (χ2n) is 7.74. The molecular weight excluding hydrogens is 384 g/mol. The van der Waals surface area contributed by atoms with E-state index in [1.165, 1.54) is 6.20 Å². The van der Waals surface area contributed by atoms with Crippen LogP contribution in [0.25, 0.3) is 0 Å². The lowest BCUT2D eigenvalue weighted by atomic mass is 9.95. The van der Waals surface area contributed by atoms with Crippen molar-refractivity contribution in [1.29, 1.82) is 0 Å². The molecule has 4 rings (SSSR count). The van der Waals surface area contributed by atoms with Gasteiger partial charge in [0.1, 0.15) is 5.75 Å². The number of carbonyl (C=O) groups excluding carboxylic acids is 3. The lowest BCUT2D eigenvalue weighted by Crippen LogP contribution is -2.42. The molecule has 1 saturated carbocycles. The van der Waals surface area contributed by atoms with E-state index in [1.807, 2.05) is 4.90 Å². The maximum absolute atomic E-state index is 12.6. The van der Waals surface area contributed by atoms with E-state index in [-0.39, 0.29) is 23.7 Å². The minimum absolute atomic E-state index is 0.0573. The number of nitrogens with one attached hydrogen (secondary N) is 1. The van der Waals surface area contributed by atoms with Gasteiger partial charge in [0.25, 0.3) is 0 Å². The molecule has 2 heterocycles. The number of piperidine rings is 1. The zero-order valence-electron chi connectivity index (χ0n) is 16.5. The first-order valence-corrected chi connectivity index (χ1v) is 10.1. The third kappa shape index (κ3) is 4.76. The standard InChI is InChI=1S/C22H24N4O4/c23-20(27)16-2-1-3-18(12-16)30-19-7-6-17(13-24-19)25-21(28)14-8-10-26(11-9-14)22(29)15-4-5-15/h1-3,6-7,12-15H,4-5,8-11H2,(H2,23,27)(H,25,28). The van der Waals surface area contributed by atoms with Gasteiger partial charge in [0.15, 0.2) is 0 Å². The van der Waals surface area contributed by atoms with Gasteiger partial charge >= 0.3 is 0 Å². The van der Waals surface area contributed by atoms with Crippen molar-refractivity contribution in [3.8, 4) is 11.6 Å². The quantitative estimate of drug-likeness (QED) is 0.762. The van der Waals surface area contributed by atoms with E-state index in [2.05, 4.69) is 10.3 Å². The molecule has 0 spiro atoms. The minimum Gasteiger partial charge on any atom is -0.439 e. The second-order valence-corrected chi connectivity index (χ2v) is 7.74. The molecule has 1 aliphatic heterocycles. The molecule has 1 aliphatic carbocycles. The summed E-state index contributed by atoms with van der Waals surface area (Å²) in [4.78, 5) is 42.0. The number of hydrogen-bond donors (Lipinski definition) is 2. The van der Waals surface area contributed by atoms with E-state index < -0.39 is 5.91 Å². The Morgan fingerprint density at radius 3 is 2.43 bits per heavy atom. The number of carbonyl (C=O) groups is 3. The molecule has 1 aromatic heterocycles. The van der Waals surface area contributed by atoms with Gasteiger partial charge in [-0.2, -0.15) is 0 Å². The van der Waals surface area contributed by atoms with Crippen molar-refractivity contribution in [2.45, 2.75) is 25.7 Å². The summed E-state index contributed by atoms with van der Waals surface area (Å²) < 4.78 is 5.64. The Kier molecular flexibility index (Phi) is 5.65. The number of amides is 3. The number of rotatable bonds is 6. The highest BCUT2D eigenvalue weighted by atomic mass is 16.5. The number of nitrogens with two attached hydrogens (primary N) is 1. The van der Waals surface area contributed by atoms with Gasteiger partial charge in [-0.05, 0) is 49.9 Å². The Balaban J connectivity index is 1.29. The SMILES string of the molecule is NC(=O)c1cccc(Oc2ccc(NC(=O)C3CCN(C(=O)C4CC4)CC3)cn2)c1. The van der Waals surface area contributed by atoms with Crippen LogP contribution in [0.5, 0.6) is 11.6 Å². The monoisotopic (exact) mass is 408 g/mol. The molecule has 0 bridgehead atoms. The van der Waals surface area contributed by atoms with Crippen molar-refractivity contribution >= 4 is 23.4 Å². The molecule has 1 saturated heterocycles. The van der Waals surface area contributed by atoms with Crippen LogP contribution in [0.2, 0.25) is 0 Å². The molecule has 0 unspecified atom stereocenters. The number of pyridine rings is 1. The predicted molar refractivity (Wildman–Crippen MR) is 110 cm³/mol. The Morgan fingerprint density at radius 1 is 1.03 bits per heavy atom. The Bertz CT molecular complexity index is 948. The summed E-state index contributed by atoms with van der Waals surface area (Å²) in [6.07, 6.45) is 4.88. The molecule has 2 fully saturated rings. The maximum Gasteiger partial charge on any atom is 0.248 e. The summed E-state index contributed by atoms with van der Waals surface area (Å²) in [6.45, 7) is 1.28. The van der Waals surface area contributed by atoms with Crippen LogP contribution in [0.15, 0.2) is 42.6 Å². The highest BCUT2D eigenvalue weighted by molar-refractivity contribution is 5.93. The van der Waals surface area contributed by atoms with Crippen LogP contribution in [0.3, 0.4) is 0 Å². The van der Waals surface area contributed by atoms with E-state index in [0.717, 1.165) is 12.8 Å². The van der Waals surface area contributed by atoms with Crippen molar-refractivity contribution in [2.24, 2.45) is 17.6 Å². The Labute approximate surface area is 174 Å². The van der Waals surface area contributed by atoms with Gasteiger partial charge in [-0.3, -0.25) is 14.4 Å². The van der Waals surface area contributed by atoms with E-state index >= 15 is 0 Å². The fourth-order valence-corrected chi connectivity index (χ4v) is 3.54. The maximum atomic E-state index is 12.6. The third-order valence-corrected chi connectivity index (χ3v) is 5.45. The van der Waals surface area contributed by atoms with Crippen LogP contribution in [-0.4, -0.2) is 40.7 Å². The van der Waals surface area contributed by atoms with Crippen LogP contribution >= 0.6 is 0 Å². The number of nitrogens with zero attached hydrogens (tertiary/aromatic N) is 2. The zero-order valence-corrected chi connectivity index (χ0v) is 16.5. The molecule has 1 aromatic carbocycles. The largest absolute Gasteiger partial charge is 0.439 e. The van der Waals surface area contributed by atoms with Gasteiger partial charge in [-0.25, -0.2) is 4.98 Å². The second kappa shape index (κ2) is 8.52. The fourth-order valence-electron chi connectivity index (χ4n) is 3.54. The first kappa shape index (κ1) is 19.9. The third-order valence-electron chi connectivity index (χ3n) is 5.45. The number of likely N-dealkylation sites (tertiary alicyclic amines) is 1. The van der Waals surface area contributed by atoms with E-state index in [1.54, 1.807) is 36.4 Å². The summed E-state index contributed by atoms with van der Waals surface area (Å²) >= 11 is 0. The summed E-state index contributed by atoms with van der Waals surface area (Å²) in [6, 6.07) is 9.87. The normalized spacial score (nSPS) is 16.7. The van der Waals surface area contributed by atoms with Gasteiger partial charge in [0.2, 0.25) is 23.6 Å². The van der Waals surface area contributed by atoms with Gasteiger partial charge in [-0.1, -0.05) is 6.07 Å². The Morgan fingerprint density at radius 2 is 1.80 bits per heavy atom. The highest BCUT2D eigenvalue weighted by Gasteiger charge is 2.35. The zero-order chi connectivity index (χ0) is 21.1. The van der Waals surface area contributed by atoms with Crippen LogP contribution in [0, 0.1) is 11.8 Å². The molecule has 0 radical (unpaired) electrons. The summed E-state index contributed by atoms with van der Waals surface area (Å²) in [5.41, 5.74) is 6.20. The van der Waals surface area contributed by atoms with Gasteiger partial charge < -0.3 is 20.7 Å². The molecule has 2 aliphatic rings. The lowest BCUT2D eigenvalue weighted by molar-refractivity contribution is -0.135. The van der Waals surface area contributed by atoms with Gasteiger partial charge in [-0.15, -0.1) is 0 Å². The smallest absolute Gasteiger partial charge is 0.248 e. The first-order valence-electron chi connectivity index (χ1n) is 10.1. The van der Waals surface area contributed by atoms with Crippen LogP contribution < -0.4 is 15.8 Å². The molecular formula is C22H24N4O4. The van der Waals surface area contributed by atoms with Gasteiger partial charge in [0.05, 0.1) is 11.9 Å². The van der Waals surface area contributed by atoms with Crippen LogP contribution in [0.1, 0.15) is 36.0 Å². The number of ether oxygens (including phenoxy) is 1. The summed E-state index contributed by atoms with van der Waals surface area (Å²) in [5.74, 6) is 0.549. The lowest BCUT2D eigenvalue weighted by Gasteiger charge is -2.31. The predicted octanol–water partition coefficient (Wildman–Crippen LogP) is 2.56. The number of aromatic nitrogens is 1. The van der Waals surface area contributed by atoms with Crippen molar-refractivity contribution in [3.05, 3.63) is 48.2 Å². The first-order chi connectivity index (χ1) is 14.5. The molecule has 156 valence electrons. The number of benzene rings is 1. The van der Waals surface area contributed by atoms with Crippen molar-refractivity contribution < 1.29 is 19.1 Å². The van der Waals surface area contributed by atoms with Gasteiger partial charge in [0, 0.05) is 36.6 Å². The van der Waals surface area contributed by atoms with Crippen LogP contribution in [0.4, 0.5) is 5.69 Å². The van der Waals surface area contributed by atoms with Crippen LogP contribution in [-0.2, 0) is 9.59 Å².